The van der Waals surface area contributed by atoms with Crippen molar-refractivity contribution in [3.8, 4) is 0 Å². The molecule has 0 fully saturated rings. The quantitative estimate of drug-likeness (QED) is 0.520. The van der Waals surface area contributed by atoms with Gasteiger partial charge in [0.05, 0.1) is 6.54 Å². The SMILES string of the molecule is Cn1nc(C(=O)Nc2ccn(Cc3ccccc3)n2)cc1NC(=O)c1ccccc1. The molecule has 2 aromatic heterocycles. The smallest absolute Gasteiger partial charge is 0.277 e. The molecule has 0 atom stereocenters. The van der Waals surface area contributed by atoms with Crippen molar-refractivity contribution in [2.45, 2.75) is 6.54 Å². The van der Waals surface area contributed by atoms with Gasteiger partial charge >= 0.3 is 0 Å². The van der Waals surface area contributed by atoms with E-state index in [1.807, 2.05) is 36.4 Å². The number of carbonyl (C=O) groups is 2. The van der Waals surface area contributed by atoms with Gasteiger partial charge in [0.25, 0.3) is 11.8 Å². The number of nitrogens with zero attached hydrogens (tertiary/aromatic N) is 4. The summed E-state index contributed by atoms with van der Waals surface area (Å²) in [4.78, 5) is 24.9. The number of rotatable bonds is 6. The Hall–Kier alpha value is -4.20. The highest BCUT2D eigenvalue weighted by Crippen LogP contribution is 2.13. The Labute approximate surface area is 173 Å². The van der Waals surface area contributed by atoms with E-state index in [2.05, 4.69) is 20.8 Å². The van der Waals surface area contributed by atoms with Gasteiger partial charge < -0.3 is 10.6 Å². The summed E-state index contributed by atoms with van der Waals surface area (Å²) in [6.07, 6.45) is 1.80. The minimum Gasteiger partial charge on any atom is -0.307 e. The first-order valence-corrected chi connectivity index (χ1v) is 9.37. The van der Waals surface area contributed by atoms with Crippen LogP contribution in [0.3, 0.4) is 0 Å². The molecular weight excluding hydrogens is 380 g/mol. The number of benzene rings is 2. The van der Waals surface area contributed by atoms with Crippen LogP contribution in [0.1, 0.15) is 26.4 Å². The molecule has 0 aliphatic carbocycles. The second-order valence-corrected chi connectivity index (χ2v) is 6.70. The molecule has 4 rings (SSSR count). The molecule has 2 aromatic carbocycles. The summed E-state index contributed by atoms with van der Waals surface area (Å²) in [6.45, 7) is 0.607. The lowest BCUT2D eigenvalue weighted by Crippen LogP contribution is -2.14. The molecule has 30 heavy (non-hydrogen) atoms. The van der Waals surface area contributed by atoms with Crippen LogP contribution in [0.25, 0.3) is 0 Å². The zero-order valence-electron chi connectivity index (χ0n) is 16.3. The first kappa shape index (κ1) is 19.1. The van der Waals surface area contributed by atoms with Gasteiger partial charge in [-0.05, 0) is 17.7 Å². The summed E-state index contributed by atoms with van der Waals surface area (Å²) >= 11 is 0. The van der Waals surface area contributed by atoms with E-state index in [9.17, 15) is 9.59 Å². The van der Waals surface area contributed by atoms with Crippen molar-refractivity contribution in [2.24, 2.45) is 7.05 Å². The van der Waals surface area contributed by atoms with Gasteiger partial charge in [-0.25, -0.2) is 0 Å². The number of aryl methyl sites for hydroxylation is 1. The van der Waals surface area contributed by atoms with Crippen LogP contribution < -0.4 is 10.6 Å². The molecule has 4 aromatic rings. The molecule has 150 valence electrons. The number of hydrogen-bond acceptors (Lipinski definition) is 4. The zero-order chi connectivity index (χ0) is 20.9. The Bertz CT molecular complexity index is 1160. The van der Waals surface area contributed by atoms with Crippen LogP contribution in [-0.4, -0.2) is 31.4 Å². The molecule has 8 nitrogen and oxygen atoms in total. The lowest BCUT2D eigenvalue weighted by molar-refractivity contribution is 0.101. The molecule has 0 aliphatic rings. The fraction of sp³-hybridized carbons (Fsp3) is 0.0909. The minimum absolute atomic E-state index is 0.179. The third-order valence-electron chi connectivity index (χ3n) is 4.46. The number of amides is 2. The molecule has 0 bridgehead atoms. The van der Waals surface area contributed by atoms with Gasteiger partial charge in [-0.3, -0.25) is 19.0 Å². The largest absolute Gasteiger partial charge is 0.307 e. The predicted octanol–water partition coefficient (Wildman–Crippen LogP) is 3.17. The van der Waals surface area contributed by atoms with Gasteiger partial charge in [-0.15, -0.1) is 0 Å². The van der Waals surface area contributed by atoms with E-state index in [1.165, 1.54) is 10.7 Å². The highest BCUT2D eigenvalue weighted by Gasteiger charge is 2.16. The Morgan fingerprint density at radius 1 is 0.867 bits per heavy atom. The van der Waals surface area contributed by atoms with E-state index in [0.717, 1.165) is 5.56 Å². The van der Waals surface area contributed by atoms with Crippen molar-refractivity contribution in [1.82, 2.24) is 19.6 Å². The maximum absolute atomic E-state index is 12.6. The van der Waals surface area contributed by atoms with Crippen molar-refractivity contribution < 1.29 is 9.59 Å². The molecule has 2 heterocycles. The third-order valence-corrected chi connectivity index (χ3v) is 4.46. The number of anilines is 2. The average molecular weight is 400 g/mol. The summed E-state index contributed by atoms with van der Waals surface area (Å²) in [5.41, 5.74) is 1.81. The van der Waals surface area contributed by atoms with Crippen molar-refractivity contribution >= 4 is 23.5 Å². The monoisotopic (exact) mass is 400 g/mol. The normalized spacial score (nSPS) is 10.6. The number of aromatic nitrogens is 4. The second kappa shape index (κ2) is 8.44. The lowest BCUT2D eigenvalue weighted by atomic mass is 10.2. The van der Waals surface area contributed by atoms with Crippen LogP contribution in [0, 0.1) is 0 Å². The molecule has 0 radical (unpaired) electrons. The van der Waals surface area contributed by atoms with E-state index >= 15 is 0 Å². The average Bonchev–Trinajstić information content (AvgIpc) is 3.35. The predicted molar refractivity (Wildman–Crippen MR) is 113 cm³/mol. The van der Waals surface area contributed by atoms with Crippen molar-refractivity contribution in [2.75, 3.05) is 10.6 Å². The minimum atomic E-state index is -0.407. The van der Waals surface area contributed by atoms with Gasteiger partial charge in [0, 0.05) is 30.9 Å². The highest BCUT2D eigenvalue weighted by atomic mass is 16.2. The van der Waals surface area contributed by atoms with Gasteiger partial charge in [-0.2, -0.15) is 10.2 Å². The van der Waals surface area contributed by atoms with E-state index in [-0.39, 0.29) is 11.6 Å². The van der Waals surface area contributed by atoms with Crippen LogP contribution in [-0.2, 0) is 13.6 Å². The van der Waals surface area contributed by atoms with E-state index in [1.54, 1.807) is 48.3 Å². The molecule has 0 spiro atoms. The molecule has 0 saturated carbocycles. The molecule has 8 heteroatoms. The molecule has 2 amide bonds. The maximum Gasteiger partial charge on any atom is 0.277 e. The van der Waals surface area contributed by atoms with Crippen LogP contribution in [0.5, 0.6) is 0 Å². The van der Waals surface area contributed by atoms with Crippen LogP contribution >= 0.6 is 0 Å². The Kier molecular flexibility index (Phi) is 5.38. The van der Waals surface area contributed by atoms with E-state index < -0.39 is 5.91 Å². The van der Waals surface area contributed by atoms with Crippen molar-refractivity contribution in [1.29, 1.82) is 0 Å². The molecule has 0 unspecified atom stereocenters. The van der Waals surface area contributed by atoms with Crippen LogP contribution in [0.4, 0.5) is 11.6 Å². The van der Waals surface area contributed by atoms with Gasteiger partial charge in [0.15, 0.2) is 11.5 Å². The van der Waals surface area contributed by atoms with Crippen molar-refractivity contribution in [3.05, 3.63) is 95.8 Å². The number of nitrogens with one attached hydrogen (secondary N) is 2. The zero-order valence-corrected chi connectivity index (χ0v) is 16.3. The third kappa shape index (κ3) is 4.44. The standard InChI is InChI=1S/C22H20N6O2/c1-27-20(24-21(29)17-10-6-3-7-11-17)14-18(25-27)22(30)23-19-12-13-28(26-19)15-16-8-4-2-5-9-16/h2-14H,15H2,1H3,(H,24,29)(H,23,26,30). The van der Waals surface area contributed by atoms with Gasteiger partial charge in [-0.1, -0.05) is 48.5 Å². The number of hydrogen-bond donors (Lipinski definition) is 2. The van der Waals surface area contributed by atoms with E-state index in [0.29, 0.717) is 23.7 Å². The summed E-state index contributed by atoms with van der Waals surface area (Å²) in [5, 5.41) is 14.0. The fourth-order valence-corrected chi connectivity index (χ4v) is 2.94. The maximum atomic E-state index is 12.6. The summed E-state index contributed by atoms with van der Waals surface area (Å²) in [6, 6.07) is 22.0. The molecular formula is C22H20N6O2. The van der Waals surface area contributed by atoms with Crippen LogP contribution in [0.15, 0.2) is 79.0 Å². The lowest BCUT2D eigenvalue weighted by Gasteiger charge is -2.04. The Balaban J connectivity index is 1.41. The molecule has 0 saturated heterocycles. The Morgan fingerprint density at radius 2 is 1.57 bits per heavy atom. The summed E-state index contributed by atoms with van der Waals surface area (Å²) < 4.78 is 3.19. The first-order valence-electron chi connectivity index (χ1n) is 9.37. The topological polar surface area (TPSA) is 93.8 Å². The molecule has 0 aliphatic heterocycles. The van der Waals surface area contributed by atoms with Gasteiger partial charge in [0.1, 0.15) is 5.82 Å². The van der Waals surface area contributed by atoms with E-state index in [4.69, 9.17) is 0 Å². The highest BCUT2D eigenvalue weighted by molar-refractivity contribution is 6.06. The van der Waals surface area contributed by atoms with Crippen LogP contribution in [0.2, 0.25) is 0 Å². The molecule has 2 N–H and O–H groups in total. The van der Waals surface area contributed by atoms with Gasteiger partial charge in [0.2, 0.25) is 0 Å². The Morgan fingerprint density at radius 3 is 2.30 bits per heavy atom. The first-order chi connectivity index (χ1) is 14.6. The second-order valence-electron chi connectivity index (χ2n) is 6.70. The fourth-order valence-electron chi connectivity index (χ4n) is 2.94. The summed E-state index contributed by atoms with van der Waals surface area (Å²) in [5.74, 6) is 0.168. The summed E-state index contributed by atoms with van der Waals surface area (Å²) in [7, 11) is 1.66. The number of carbonyl (C=O) groups excluding carboxylic acids is 2. The van der Waals surface area contributed by atoms with Crippen molar-refractivity contribution in [3.63, 3.8) is 0 Å².